The number of ether oxygens (including phenoxy) is 4. The number of nitrogens with one attached hydrogen (secondary N) is 2. The van der Waals surface area contributed by atoms with E-state index < -0.39 is 0 Å². The SMILES string of the molecule is COc1cc(Nc2nc(NCCN3CCOCC3)ncc2C)cc(OC)c1OC. The molecule has 1 aromatic heterocycles. The van der Waals surface area contributed by atoms with Gasteiger partial charge in [-0.1, -0.05) is 0 Å². The zero-order valence-electron chi connectivity index (χ0n) is 17.4. The van der Waals surface area contributed by atoms with Crippen molar-refractivity contribution in [2.75, 3.05) is 71.4 Å². The third-order valence-electron chi connectivity index (χ3n) is 4.71. The molecule has 2 heterocycles. The van der Waals surface area contributed by atoms with Gasteiger partial charge in [0, 0.05) is 55.8 Å². The predicted octanol–water partition coefficient (Wildman–Crippen LogP) is 2.30. The lowest BCUT2D eigenvalue weighted by Crippen LogP contribution is -2.39. The summed E-state index contributed by atoms with van der Waals surface area (Å²) in [6.07, 6.45) is 1.80. The number of rotatable bonds is 9. The van der Waals surface area contributed by atoms with Gasteiger partial charge in [0.15, 0.2) is 11.5 Å². The van der Waals surface area contributed by atoms with Crippen LogP contribution < -0.4 is 24.8 Å². The molecule has 1 aliphatic heterocycles. The molecule has 158 valence electrons. The Morgan fingerprint density at radius 3 is 2.38 bits per heavy atom. The molecule has 1 fully saturated rings. The number of aromatic nitrogens is 2. The van der Waals surface area contributed by atoms with Gasteiger partial charge in [0.25, 0.3) is 0 Å². The lowest BCUT2D eigenvalue weighted by Gasteiger charge is -2.26. The van der Waals surface area contributed by atoms with Gasteiger partial charge in [-0.25, -0.2) is 4.98 Å². The van der Waals surface area contributed by atoms with Crippen molar-refractivity contribution in [3.05, 3.63) is 23.9 Å². The van der Waals surface area contributed by atoms with E-state index in [9.17, 15) is 0 Å². The van der Waals surface area contributed by atoms with Crippen LogP contribution in [0.1, 0.15) is 5.56 Å². The Kier molecular flexibility index (Phi) is 7.31. The lowest BCUT2D eigenvalue weighted by molar-refractivity contribution is 0.0398. The number of nitrogens with zero attached hydrogens (tertiary/aromatic N) is 3. The molecule has 0 spiro atoms. The molecule has 0 atom stereocenters. The Morgan fingerprint density at radius 1 is 1.07 bits per heavy atom. The fraction of sp³-hybridized carbons (Fsp3) is 0.500. The summed E-state index contributed by atoms with van der Waals surface area (Å²) >= 11 is 0. The van der Waals surface area contributed by atoms with Crippen molar-refractivity contribution in [2.24, 2.45) is 0 Å². The molecule has 1 aromatic carbocycles. The van der Waals surface area contributed by atoms with Gasteiger partial charge in [-0.15, -0.1) is 0 Å². The van der Waals surface area contributed by atoms with Crippen molar-refractivity contribution in [3.8, 4) is 17.2 Å². The molecule has 0 radical (unpaired) electrons. The Balaban J connectivity index is 1.69. The summed E-state index contributed by atoms with van der Waals surface area (Å²) < 4.78 is 21.6. The summed E-state index contributed by atoms with van der Waals surface area (Å²) in [4.78, 5) is 11.4. The first-order valence-electron chi connectivity index (χ1n) is 9.59. The van der Waals surface area contributed by atoms with Crippen LogP contribution in [-0.2, 0) is 4.74 Å². The van der Waals surface area contributed by atoms with Crippen molar-refractivity contribution in [3.63, 3.8) is 0 Å². The molecule has 3 rings (SSSR count). The topological polar surface area (TPSA) is 90.0 Å². The molecule has 1 aliphatic rings. The largest absolute Gasteiger partial charge is 0.493 e. The van der Waals surface area contributed by atoms with E-state index >= 15 is 0 Å². The third-order valence-corrected chi connectivity index (χ3v) is 4.71. The highest BCUT2D eigenvalue weighted by Crippen LogP contribution is 2.40. The van der Waals surface area contributed by atoms with Gasteiger partial charge in [-0.05, 0) is 6.92 Å². The van der Waals surface area contributed by atoms with Crippen LogP contribution in [0.5, 0.6) is 17.2 Å². The number of anilines is 3. The average molecular weight is 403 g/mol. The average Bonchev–Trinajstić information content (AvgIpc) is 2.76. The van der Waals surface area contributed by atoms with Crippen LogP contribution in [0.4, 0.5) is 17.5 Å². The van der Waals surface area contributed by atoms with E-state index in [-0.39, 0.29) is 0 Å². The Labute approximate surface area is 171 Å². The van der Waals surface area contributed by atoms with E-state index in [0.717, 1.165) is 50.6 Å². The number of hydrogen-bond donors (Lipinski definition) is 2. The van der Waals surface area contributed by atoms with Crippen LogP contribution in [0.15, 0.2) is 18.3 Å². The maximum Gasteiger partial charge on any atom is 0.224 e. The molecular weight excluding hydrogens is 374 g/mol. The molecular formula is C20H29N5O4. The van der Waals surface area contributed by atoms with Gasteiger partial charge >= 0.3 is 0 Å². The van der Waals surface area contributed by atoms with Crippen molar-refractivity contribution in [1.29, 1.82) is 0 Å². The van der Waals surface area contributed by atoms with Gasteiger partial charge in [0.05, 0.1) is 34.5 Å². The number of benzene rings is 1. The van der Waals surface area contributed by atoms with Crippen LogP contribution in [-0.4, -0.2) is 75.6 Å². The van der Waals surface area contributed by atoms with E-state index in [0.29, 0.717) is 29.0 Å². The molecule has 2 N–H and O–H groups in total. The van der Waals surface area contributed by atoms with Gasteiger partial charge in [0.1, 0.15) is 5.82 Å². The minimum atomic E-state index is 0.547. The van der Waals surface area contributed by atoms with E-state index in [1.807, 2.05) is 19.1 Å². The zero-order valence-corrected chi connectivity index (χ0v) is 17.4. The number of methoxy groups -OCH3 is 3. The molecule has 0 amide bonds. The second-order valence-electron chi connectivity index (χ2n) is 6.65. The lowest BCUT2D eigenvalue weighted by atomic mass is 10.2. The molecule has 0 bridgehead atoms. The van der Waals surface area contributed by atoms with E-state index in [2.05, 4.69) is 25.5 Å². The normalized spacial score (nSPS) is 14.3. The van der Waals surface area contributed by atoms with E-state index in [1.54, 1.807) is 27.5 Å². The predicted molar refractivity (Wildman–Crippen MR) is 112 cm³/mol. The maximum absolute atomic E-state index is 5.42. The second-order valence-corrected chi connectivity index (χ2v) is 6.65. The maximum atomic E-state index is 5.42. The highest BCUT2D eigenvalue weighted by Gasteiger charge is 2.15. The molecule has 0 saturated carbocycles. The molecule has 0 unspecified atom stereocenters. The molecule has 1 saturated heterocycles. The van der Waals surface area contributed by atoms with Crippen LogP contribution in [0.2, 0.25) is 0 Å². The summed E-state index contributed by atoms with van der Waals surface area (Å²) in [5, 5.41) is 6.61. The van der Waals surface area contributed by atoms with Crippen molar-refractivity contribution in [2.45, 2.75) is 6.92 Å². The first-order valence-corrected chi connectivity index (χ1v) is 9.59. The van der Waals surface area contributed by atoms with Gasteiger partial charge in [-0.3, -0.25) is 4.90 Å². The zero-order chi connectivity index (χ0) is 20.6. The summed E-state index contributed by atoms with van der Waals surface area (Å²) in [6.45, 7) is 7.17. The number of aryl methyl sites for hydroxylation is 1. The molecule has 2 aromatic rings. The molecule has 29 heavy (non-hydrogen) atoms. The minimum Gasteiger partial charge on any atom is -0.493 e. The van der Waals surface area contributed by atoms with Gasteiger partial charge in [-0.2, -0.15) is 4.98 Å². The minimum absolute atomic E-state index is 0.547. The number of hydrogen-bond acceptors (Lipinski definition) is 9. The first kappa shape index (κ1) is 20.9. The Hall–Kier alpha value is -2.78. The van der Waals surface area contributed by atoms with Crippen LogP contribution in [0.25, 0.3) is 0 Å². The second kappa shape index (κ2) is 10.1. The summed E-state index contributed by atoms with van der Waals surface area (Å²) in [7, 11) is 4.76. The molecule has 0 aliphatic carbocycles. The smallest absolute Gasteiger partial charge is 0.224 e. The Morgan fingerprint density at radius 2 is 1.76 bits per heavy atom. The highest BCUT2D eigenvalue weighted by molar-refractivity contribution is 5.68. The fourth-order valence-electron chi connectivity index (χ4n) is 3.09. The monoisotopic (exact) mass is 403 g/mol. The van der Waals surface area contributed by atoms with E-state index in [4.69, 9.17) is 18.9 Å². The third kappa shape index (κ3) is 5.39. The number of morpholine rings is 1. The summed E-state index contributed by atoms with van der Waals surface area (Å²) in [5.74, 6) is 2.99. The molecule has 9 heteroatoms. The van der Waals surface area contributed by atoms with Crippen LogP contribution in [0.3, 0.4) is 0 Å². The van der Waals surface area contributed by atoms with Crippen LogP contribution in [0, 0.1) is 6.92 Å². The fourth-order valence-corrected chi connectivity index (χ4v) is 3.09. The van der Waals surface area contributed by atoms with E-state index in [1.165, 1.54) is 0 Å². The van der Waals surface area contributed by atoms with Gasteiger partial charge < -0.3 is 29.6 Å². The Bertz CT molecular complexity index is 786. The summed E-state index contributed by atoms with van der Waals surface area (Å²) in [6, 6.07) is 3.68. The summed E-state index contributed by atoms with van der Waals surface area (Å²) in [5.41, 5.74) is 1.71. The quantitative estimate of drug-likeness (QED) is 0.654. The van der Waals surface area contributed by atoms with Gasteiger partial charge in [0.2, 0.25) is 11.7 Å². The van der Waals surface area contributed by atoms with Crippen LogP contribution >= 0.6 is 0 Å². The first-order chi connectivity index (χ1) is 14.1. The highest BCUT2D eigenvalue weighted by atomic mass is 16.5. The standard InChI is InChI=1S/C20H29N5O4/c1-14-13-22-20(21-5-6-25-7-9-29-10-8-25)24-19(14)23-15-11-16(26-2)18(28-4)17(12-15)27-3/h11-13H,5-10H2,1-4H3,(H2,21,22,23,24). The van der Waals surface area contributed by atoms with Crippen molar-refractivity contribution < 1.29 is 18.9 Å². The van der Waals surface area contributed by atoms with Crippen molar-refractivity contribution in [1.82, 2.24) is 14.9 Å². The van der Waals surface area contributed by atoms with Crippen molar-refractivity contribution >= 4 is 17.5 Å². The molecule has 9 nitrogen and oxygen atoms in total.